The fourth-order valence-corrected chi connectivity index (χ4v) is 1.58. The molecule has 0 amide bonds. The van der Waals surface area contributed by atoms with Crippen LogP contribution >= 0.6 is 0 Å². The molecule has 2 rings (SSSR count). The van der Waals surface area contributed by atoms with Gasteiger partial charge in [-0.2, -0.15) is 0 Å². The van der Waals surface area contributed by atoms with Crippen LogP contribution in [0.1, 0.15) is 5.56 Å². The van der Waals surface area contributed by atoms with E-state index in [-0.39, 0.29) is 17.9 Å². The third kappa shape index (κ3) is 1.95. The Morgan fingerprint density at radius 1 is 1.38 bits per heavy atom. The molecule has 0 aliphatic heterocycles. The molecule has 4 nitrogen and oxygen atoms in total. The van der Waals surface area contributed by atoms with Gasteiger partial charge in [0.15, 0.2) is 0 Å². The zero-order valence-corrected chi connectivity index (χ0v) is 8.82. The zero-order chi connectivity index (χ0) is 11.5. The van der Waals surface area contributed by atoms with Gasteiger partial charge in [-0.3, -0.25) is 9.59 Å². The van der Waals surface area contributed by atoms with Crippen molar-refractivity contribution >= 4 is 16.7 Å². The molecule has 4 heteroatoms. The lowest BCUT2D eigenvalue weighted by molar-refractivity contribution is -0.139. The summed E-state index contributed by atoms with van der Waals surface area (Å²) in [5.41, 5.74) is 0.625. The van der Waals surface area contributed by atoms with Gasteiger partial charge in [0.2, 0.25) is 0 Å². The molecular formula is C12H11NO3. The molecule has 0 radical (unpaired) electrons. The van der Waals surface area contributed by atoms with E-state index in [0.29, 0.717) is 5.39 Å². The summed E-state index contributed by atoms with van der Waals surface area (Å²) in [4.78, 5) is 25.2. The molecule has 0 unspecified atom stereocenters. The average molecular weight is 217 g/mol. The van der Waals surface area contributed by atoms with Gasteiger partial charge in [0.05, 0.1) is 13.5 Å². The minimum atomic E-state index is -0.313. The monoisotopic (exact) mass is 217 g/mol. The second-order valence-corrected chi connectivity index (χ2v) is 3.48. The van der Waals surface area contributed by atoms with Gasteiger partial charge in [0.1, 0.15) is 0 Å². The van der Waals surface area contributed by atoms with Crippen LogP contribution in [0.5, 0.6) is 0 Å². The van der Waals surface area contributed by atoms with E-state index >= 15 is 0 Å². The van der Waals surface area contributed by atoms with Gasteiger partial charge < -0.3 is 9.72 Å². The predicted octanol–water partition coefficient (Wildman–Crippen LogP) is 1.24. The molecule has 0 fully saturated rings. The van der Waals surface area contributed by atoms with Crippen molar-refractivity contribution in [1.29, 1.82) is 0 Å². The predicted molar refractivity (Wildman–Crippen MR) is 60.3 cm³/mol. The number of rotatable bonds is 2. The maximum atomic E-state index is 11.5. The molecule has 0 bridgehead atoms. The van der Waals surface area contributed by atoms with Crippen molar-refractivity contribution in [1.82, 2.24) is 4.98 Å². The Bertz CT molecular complexity index is 586. The third-order valence-corrected chi connectivity index (χ3v) is 2.42. The number of nitrogens with one attached hydrogen (secondary N) is 1. The lowest BCUT2D eigenvalue weighted by Crippen LogP contribution is -2.07. The highest BCUT2D eigenvalue weighted by Crippen LogP contribution is 2.12. The fourth-order valence-electron chi connectivity index (χ4n) is 1.58. The van der Waals surface area contributed by atoms with Crippen molar-refractivity contribution in [3.05, 3.63) is 46.4 Å². The van der Waals surface area contributed by atoms with Crippen LogP contribution in [-0.2, 0) is 16.0 Å². The molecule has 1 N–H and O–H groups in total. The molecule has 0 saturated heterocycles. The van der Waals surface area contributed by atoms with E-state index in [1.165, 1.54) is 7.11 Å². The number of aromatic nitrogens is 1. The Balaban J connectivity index is 2.47. The van der Waals surface area contributed by atoms with E-state index in [2.05, 4.69) is 9.72 Å². The molecule has 0 saturated carbocycles. The van der Waals surface area contributed by atoms with E-state index in [0.717, 1.165) is 10.9 Å². The molecule has 0 aliphatic carbocycles. The van der Waals surface area contributed by atoms with E-state index in [1.54, 1.807) is 12.3 Å². The summed E-state index contributed by atoms with van der Waals surface area (Å²) in [6.07, 6.45) is 1.78. The number of carbonyl (C=O) groups excluding carboxylic acids is 1. The smallest absolute Gasteiger partial charge is 0.309 e. The SMILES string of the molecule is COC(=O)Cc1ccc2cc[nH]c(=O)c2c1. The summed E-state index contributed by atoms with van der Waals surface area (Å²) >= 11 is 0. The summed E-state index contributed by atoms with van der Waals surface area (Å²) in [5.74, 6) is -0.313. The lowest BCUT2D eigenvalue weighted by atomic mass is 10.1. The molecule has 1 heterocycles. The minimum absolute atomic E-state index is 0.149. The van der Waals surface area contributed by atoms with Crippen molar-refractivity contribution in [3.8, 4) is 0 Å². The molecule has 16 heavy (non-hydrogen) atoms. The standard InChI is InChI=1S/C12H11NO3/c1-16-11(14)7-8-2-3-9-4-5-13-12(15)10(9)6-8/h2-6H,7H2,1H3,(H,13,15). The molecule has 1 aromatic heterocycles. The van der Waals surface area contributed by atoms with Crippen LogP contribution in [-0.4, -0.2) is 18.1 Å². The van der Waals surface area contributed by atoms with Crippen LogP contribution in [0.2, 0.25) is 0 Å². The van der Waals surface area contributed by atoms with E-state index in [1.807, 2.05) is 18.2 Å². The van der Waals surface area contributed by atoms with E-state index in [4.69, 9.17) is 0 Å². The highest BCUT2D eigenvalue weighted by Gasteiger charge is 2.04. The first kappa shape index (κ1) is 10.4. The maximum absolute atomic E-state index is 11.5. The minimum Gasteiger partial charge on any atom is -0.469 e. The fraction of sp³-hybridized carbons (Fsp3) is 0.167. The number of hydrogen-bond acceptors (Lipinski definition) is 3. The van der Waals surface area contributed by atoms with E-state index in [9.17, 15) is 9.59 Å². The molecule has 2 aromatic rings. The van der Waals surface area contributed by atoms with Gasteiger partial charge in [0, 0.05) is 11.6 Å². The largest absolute Gasteiger partial charge is 0.469 e. The van der Waals surface area contributed by atoms with Gasteiger partial charge in [-0.25, -0.2) is 0 Å². The number of fused-ring (bicyclic) bond motifs is 1. The van der Waals surface area contributed by atoms with Crippen molar-refractivity contribution in [2.45, 2.75) is 6.42 Å². The third-order valence-electron chi connectivity index (χ3n) is 2.42. The molecule has 0 spiro atoms. The lowest BCUT2D eigenvalue weighted by Gasteiger charge is -2.01. The van der Waals surface area contributed by atoms with E-state index < -0.39 is 0 Å². The Morgan fingerprint density at radius 2 is 2.19 bits per heavy atom. The van der Waals surface area contributed by atoms with Crippen molar-refractivity contribution in [2.75, 3.05) is 7.11 Å². The summed E-state index contributed by atoms with van der Waals surface area (Å²) in [6, 6.07) is 7.17. The normalized spacial score (nSPS) is 10.3. The van der Waals surface area contributed by atoms with Crippen molar-refractivity contribution < 1.29 is 9.53 Å². The van der Waals surface area contributed by atoms with Gasteiger partial charge in [-0.05, 0) is 23.1 Å². The first-order valence-electron chi connectivity index (χ1n) is 4.88. The van der Waals surface area contributed by atoms with Crippen LogP contribution in [0.4, 0.5) is 0 Å². The first-order chi connectivity index (χ1) is 7.70. The highest BCUT2D eigenvalue weighted by atomic mass is 16.5. The second kappa shape index (κ2) is 4.18. The van der Waals surface area contributed by atoms with Gasteiger partial charge in [-0.1, -0.05) is 12.1 Å². The molecule has 82 valence electrons. The molecule has 0 atom stereocenters. The van der Waals surface area contributed by atoms with Crippen molar-refractivity contribution in [2.24, 2.45) is 0 Å². The molecule has 1 aromatic carbocycles. The van der Waals surface area contributed by atoms with Crippen LogP contribution in [0, 0.1) is 0 Å². The second-order valence-electron chi connectivity index (χ2n) is 3.48. The average Bonchev–Trinajstić information content (AvgIpc) is 2.30. The number of pyridine rings is 1. The van der Waals surface area contributed by atoms with Gasteiger partial charge >= 0.3 is 5.97 Å². The summed E-state index contributed by atoms with van der Waals surface area (Å²) in [6.45, 7) is 0. The number of methoxy groups -OCH3 is 1. The highest BCUT2D eigenvalue weighted by molar-refractivity contribution is 5.83. The molecular weight excluding hydrogens is 206 g/mol. The summed E-state index contributed by atoms with van der Waals surface area (Å²) < 4.78 is 4.57. The van der Waals surface area contributed by atoms with Crippen LogP contribution < -0.4 is 5.56 Å². The number of ether oxygens (including phenoxy) is 1. The summed E-state index contributed by atoms with van der Waals surface area (Å²) in [5, 5.41) is 1.45. The number of esters is 1. The number of aromatic amines is 1. The zero-order valence-electron chi connectivity index (χ0n) is 8.82. The first-order valence-corrected chi connectivity index (χ1v) is 4.88. The summed E-state index contributed by atoms with van der Waals surface area (Å²) in [7, 11) is 1.34. The Hall–Kier alpha value is -2.10. The Kier molecular flexibility index (Phi) is 2.72. The quantitative estimate of drug-likeness (QED) is 0.770. The molecule has 0 aliphatic rings. The number of benzene rings is 1. The number of carbonyl (C=O) groups is 1. The van der Waals surface area contributed by atoms with Gasteiger partial charge in [0.25, 0.3) is 5.56 Å². The van der Waals surface area contributed by atoms with Crippen LogP contribution in [0.15, 0.2) is 35.3 Å². The number of hydrogen-bond donors (Lipinski definition) is 1. The topological polar surface area (TPSA) is 59.2 Å². The Labute approximate surface area is 91.9 Å². The Morgan fingerprint density at radius 3 is 2.94 bits per heavy atom. The van der Waals surface area contributed by atoms with Crippen LogP contribution in [0.3, 0.4) is 0 Å². The van der Waals surface area contributed by atoms with Gasteiger partial charge in [-0.15, -0.1) is 0 Å². The van der Waals surface area contributed by atoms with Crippen molar-refractivity contribution in [3.63, 3.8) is 0 Å². The number of H-pyrrole nitrogens is 1. The maximum Gasteiger partial charge on any atom is 0.309 e. The van der Waals surface area contributed by atoms with Crippen LogP contribution in [0.25, 0.3) is 10.8 Å².